The molecule has 6 nitrogen and oxygen atoms in total. The molecule has 0 aromatic heterocycles. The van der Waals surface area contributed by atoms with Gasteiger partial charge in [-0.15, -0.1) is 0 Å². The average Bonchev–Trinajstić information content (AvgIpc) is 2.25. The third-order valence-electron chi connectivity index (χ3n) is 3.16. The Bertz CT molecular complexity index is 213. The van der Waals surface area contributed by atoms with Gasteiger partial charge in [-0.05, 0) is 13.0 Å². The predicted molar refractivity (Wildman–Crippen MR) is 56.8 cm³/mol. The maximum atomic E-state index is 9.81. The zero-order valence-electron chi connectivity index (χ0n) is 9.40. The number of rotatable bonds is 4. The third kappa shape index (κ3) is 2.71. The number of piperidine rings is 1. The van der Waals surface area contributed by atoms with E-state index in [9.17, 15) is 20.4 Å². The maximum Gasteiger partial charge on any atom is 0.109 e. The Morgan fingerprint density at radius 2 is 1.88 bits per heavy atom. The summed E-state index contributed by atoms with van der Waals surface area (Å²) in [5.74, 6) is 0. The van der Waals surface area contributed by atoms with Gasteiger partial charge in [0, 0.05) is 13.2 Å². The van der Waals surface area contributed by atoms with Crippen LogP contribution in [0.25, 0.3) is 0 Å². The maximum absolute atomic E-state index is 9.81. The van der Waals surface area contributed by atoms with Crippen LogP contribution >= 0.6 is 0 Å². The molecule has 0 aromatic rings. The summed E-state index contributed by atoms with van der Waals surface area (Å²) in [6, 6.07) is -0.643. The number of aliphatic hydroxyl groups is 5. The number of likely N-dealkylation sites (tertiary alicyclic amines) is 1. The van der Waals surface area contributed by atoms with Gasteiger partial charge in [0.1, 0.15) is 12.2 Å². The van der Waals surface area contributed by atoms with Gasteiger partial charge in [-0.1, -0.05) is 6.92 Å². The van der Waals surface area contributed by atoms with E-state index in [0.717, 1.165) is 0 Å². The van der Waals surface area contributed by atoms with Crippen molar-refractivity contribution >= 4 is 0 Å². The highest BCUT2D eigenvalue weighted by Crippen LogP contribution is 2.22. The number of hydrogen-bond acceptors (Lipinski definition) is 6. The van der Waals surface area contributed by atoms with E-state index in [2.05, 4.69) is 0 Å². The molecule has 6 heteroatoms. The molecule has 1 heterocycles. The molecule has 16 heavy (non-hydrogen) atoms. The topological polar surface area (TPSA) is 104 Å². The fourth-order valence-corrected chi connectivity index (χ4v) is 2.23. The summed E-state index contributed by atoms with van der Waals surface area (Å²) in [5.41, 5.74) is 0. The summed E-state index contributed by atoms with van der Waals surface area (Å²) in [7, 11) is 0. The van der Waals surface area contributed by atoms with E-state index in [-0.39, 0.29) is 19.6 Å². The lowest BCUT2D eigenvalue weighted by Crippen LogP contribution is -2.64. The molecule has 0 bridgehead atoms. The molecule has 0 spiro atoms. The lowest BCUT2D eigenvalue weighted by Gasteiger charge is -2.45. The van der Waals surface area contributed by atoms with Crippen LogP contribution in [-0.4, -0.2) is 80.6 Å². The summed E-state index contributed by atoms with van der Waals surface area (Å²) in [6.45, 7) is 2.42. The Hall–Kier alpha value is -0.240. The van der Waals surface area contributed by atoms with Crippen molar-refractivity contribution in [1.29, 1.82) is 0 Å². The highest BCUT2D eigenvalue weighted by molar-refractivity contribution is 4.97. The zero-order valence-corrected chi connectivity index (χ0v) is 9.40. The number of β-amino-alcohol motifs (C(OH)–C–C–N with tert-alkyl or cyclic N) is 1. The van der Waals surface area contributed by atoms with Crippen molar-refractivity contribution in [3.63, 3.8) is 0 Å². The molecule has 96 valence electrons. The van der Waals surface area contributed by atoms with Gasteiger partial charge < -0.3 is 25.5 Å². The first kappa shape index (κ1) is 13.8. The molecule has 5 atom stereocenters. The zero-order chi connectivity index (χ0) is 12.3. The monoisotopic (exact) mass is 235 g/mol. The van der Waals surface area contributed by atoms with Crippen LogP contribution in [0.1, 0.15) is 13.3 Å². The molecule has 0 aliphatic carbocycles. The van der Waals surface area contributed by atoms with Gasteiger partial charge in [0.05, 0.1) is 18.2 Å². The van der Waals surface area contributed by atoms with Crippen molar-refractivity contribution in [2.24, 2.45) is 0 Å². The lowest BCUT2D eigenvalue weighted by atomic mass is 9.89. The van der Waals surface area contributed by atoms with Crippen LogP contribution in [0.3, 0.4) is 0 Å². The second kappa shape index (κ2) is 5.90. The first-order valence-electron chi connectivity index (χ1n) is 5.60. The van der Waals surface area contributed by atoms with Crippen LogP contribution in [0.2, 0.25) is 0 Å². The molecule has 0 saturated carbocycles. The van der Waals surface area contributed by atoms with Gasteiger partial charge >= 0.3 is 0 Å². The Balaban J connectivity index is 2.76. The van der Waals surface area contributed by atoms with Crippen LogP contribution < -0.4 is 0 Å². The molecule has 1 aliphatic rings. The molecule has 0 unspecified atom stereocenters. The molecular formula is C10H21NO5. The van der Waals surface area contributed by atoms with Crippen molar-refractivity contribution in [3.05, 3.63) is 0 Å². The van der Waals surface area contributed by atoms with Crippen LogP contribution in [0.5, 0.6) is 0 Å². The van der Waals surface area contributed by atoms with Crippen LogP contribution in [-0.2, 0) is 0 Å². The summed E-state index contributed by atoms with van der Waals surface area (Å²) in [4.78, 5) is 1.71. The predicted octanol–water partition coefficient (Wildman–Crippen LogP) is -2.48. The Morgan fingerprint density at radius 3 is 2.38 bits per heavy atom. The summed E-state index contributed by atoms with van der Waals surface area (Å²) in [6.07, 6.45) is -4.23. The first-order valence-corrected chi connectivity index (χ1v) is 5.60. The smallest absolute Gasteiger partial charge is 0.109 e. The molecule has 0 amide bonds. The quantitative estimate of drug-likeness (QED) is 0.369. The van der Waals surface area contributed by atoms with Crippen molar-refractivity contribution in [1.82, 2.24) is 4.90 Å². The van der Waals surface area contributed by atoms with Gasteiger partial charge in [0.2, 0.25) is 0 Å². The number of likely N-dealkylation sites (N-methyl/N-ethyl adjacent to an activating group) is 1. The van der Waals surface area contributed by atoms with Gasteiger partial charge in [0.15, 0.2) is 0 Å². The molecule has 1 aliphatic heterocycles. The minimum Gasteiger partial charge on any atom is -0.396 e. The normalized spacial score (nSPS) is 38.6. The van der Waals surface area contributed by atoms with Gasteiger partial charge in [-0.25, -0.2) is 0 Å². The number of nitrogens with zero attached hydrogens (tertiary/aromatic N) is 1. The fourth-order valence-electron chi connectivity index (χ4n) is 2.23. The van der Waals surface area contributed by atoms with E-state index in [1.165, 1.54) is 0 Å². The highest BCUT2D eigenvalue weighted by Gasteiger charge is 2.43. The Kier molecular flexibility index (Phi) is 5.10. The standard InChI is InChI=1S/C10H21NO5/c1-2-11-5-7(14)9(15)10(16)8(11)6(13)3-4-12/h6-10,12-16H,2-5H2,1H3/t6-,7+,8+,9+,10-/m1/s1. The Morgan fingerprint density at radius 1 is 1.25 bits per heavy atom. The second-order valence-electron chi connectivity index (χ2n) is 4.21. The van der Waals surface area contributed by atoms with Gasteiger partial charge in [-0.2, -0.15) is 0 Å². The van der Waals surface area contributed by atoms with Gasteiger partial charge in [0.25, 0.3) is 0 Å². The van der Waals surface area contributed by atoms with Gasteiger partial charge in [-0.3, -0.25) is 4.90 Å². The molecule has 1 rings (SSSR count). The van der Waals surface area contributed by atoms with E-state index in [4.69, 9.17) is 5.11 Å². The average molecular weight is 235 g/mol. The summed E-state index contributed by atoms with van der Waals surface area (Å²) >= 11 is 0. The van der Waals surface area contributed by atoms with Crippen LogP contribution in [0, 0.1) is 0 Å². The first-order chi connectivity index (χ1) is 7.52. The SMILES string of the molecule is CCN1C[C@H](O)[C@H](O)[C@H](O)[C@@H]1[C@H](O)CCO. The second-order valence-corrected chi connectivity index (χ2v) is 4.21. The van der Waals surface area contributed by atoms with Crippen molar-refractivity contribution in [2.75, 3.05) is 19.7 Å². The summed E-state index contributed by atoms with van der Waals surface area (Å²) in [5, 5.41) is 47.4. The molecule has 1 saturated heterocycles. The molecule has 0 radical (unpaired) electrons. The van der Waals surface area contributed by atoms with E-state index in [1.807, 2.05) is 6.92 Å². The van der Waals surface area contributed by atoms with Crippen molar-refractivity contribution in [2.45, 2.75) is 43.8 Å². The van der Waals surface area contributed by atoms with E-state index < -0.39 is 30.5 Å². The third-order valence-corrected chi connectivity index (χ3v) is 3.16. The highest BCUT2D eigenvalue weighted by atomic mass is 16.4. The molecule has 1 fully saturated rings. The number of aliphatic hydroxyl groups excluding tert-OH is 5. The van der Waals surface area contributed by atoms with E-state index in [0.29, 0.717) is 6.54 Å². The molecular weight excluding hydrogens is 214 g/mol. The minimum absolute atomic E-state index is 0.140. The van der Waals surface area contributed by atoms with Crippen molar-refractivity contribution in [3.8, 4) is 0 Å². The summed E-state index contributed by atoms with van der Waals surface area (Å²) < 4.78 is 0. The fraction of sp³-hybridized carbons (Fsp3) is 1.00. The molecule has 0 aromatic carbocycles. The Labute approximate surface area is 94.7 Å². The number of hydrogen-bond donors (Lipinski definition) is 5. The largest absolute Gasteiger partial charge is 0.396 e. The minimum atomic E-state index is -1.25. The van der Waals surface area contributed by atoms with E-state index >= 15 is 0 Å². The molecule has 5 N–H and O–H groups in total. The van der Waals surface area contributed by atoms with E-state index in [1.54, 1.807) is 4.90 Å². The van der Waals surface area contributed by atoms with Crippen molar-refractivity contribution < 1.29 is 25.5 Å². The lowest BCUT2D eigenvalue weighted by molar-refractivity contribution is -0.159. The van der Waals surface area contributed by atoms with Crippen LogP contribution in [0.4, 0.5) is 0 Å². The van der Waals surface area contributed by atoms with Crippen LogP contribution in [0.15, 0.2) is 0 Å².